The van der Waals surface area contributed by atoms with E-state index in [4.69, 9.17) is 4.74 Å². The molecule has 0 fully saturated rings. The summed E-state index contributed by atoms with van der Waals surface area (Å²) < 4.78 is 6.02. The SMILES string of the molecule is CCCCCCCCCN(C)C(=O)CCCCCCCN(CCO)CCCCCCCC(=O)OC(CCCCCCCC)CCCCCCCC. The number of unbranched alkanes of at least 4 members (excludes halogenated alkanes) is 24. The number of hydrogen-bond acceptors (Lipinski definition) is 5. The quantitative estimate of drug-likeness (QED) is 0.0502. The second kappa shape index (κ2) is 40.1. The second-order valence-corrected chi connectivity index (χ2v) is 15.8. The summed E-state index contributed by atoms with van der Waals surface area (Å²) in [6.45, 7) is 10.7. The van der Waals surface area contributed by atoms with Crippen LogP contribution >= 0.6 is 0 Å². The summed E-state index contributed by atoms with van der Waals surface area (Å²) in [4.78, 5) is 29.5. The maximum atomic E-state index is 12.7. The fraction of sp³-hybridized carbons (Fsp3) is 0.956. The highest BCUT2D eigenvalue weighted by atomic mass is 16.5. The molecule has 0 spiro atoms. The molecule has 0 unspecified atom stereocenters. The first-order valence-electron chi connectivity index (χ1n) is 22.7. The molecule has 1 amide bonds. The summed E-state index contributed by atoms with van der Waals surface area (Å²) in [5.74, 6) is 0.324. The molecule has 1 N–H and O–H groups in total. The third-order valence-electron chi connectivity index (χ3n) is 10.7. The van der Waals surface area contributed by atoms with Gasteiger partial charge in [0, 0.05) is 33.0 Å². The molecule has 6 nitrogen and oxygen atoms in total. The molecule has 0 saturated heterocycles. The van der Waals surface area contributed by atoms with Gasteiger partial charge in [0.1, 0.15) is 6.10 Å². The fourth-order valence-corrected chi connectivity index (χ4v) is 7.19. The van der Waals surface area contributed by atoms with Crippen molar-refractivity contribution in [3.8, 4) is 0 Å². The smallest absolute Gasteiger partial charge is 0.306 e. The Hall–Kier alpha value is -1.14. The van der Waals surface area contributed by atoms with E-state index >= 15 is 0 Å². The molecular formula is C45H90N2O4. The molecule has 0 aromatic rings. The molecule has 0 heterocycles. The summed E-state index contributed by atoms with van der Waals surface area (Å²) in [6.07, 6.45) is 39.0. The first-order chi connectivity index (χ1) is 25.0. The molecule has 304 valence electrons. The van der Waals surface area contributed by atoms with E-state index < -0.39 is 0 Å². The third kappa shape index (κ3) is 35.6. The molecule has 0 atom stereocenters. The Morgan fingerprint density at radius 1 is 0.471 bits per heavy atom. The Kier molecular flexibility index (Phi) is 39.2. The zero-order chi connectivity index (χ0) is 37.5. The van der Waals surface area contributed by atoms with E-state index in [0.29, 0.717) is 18.7 Å². The lowest BCUT2D eigenvalue weighted by atomic mass is 10.0. The molecule has 6 heteroatoms. The fourth-order valence-electron chi connectivity index (χ4n) is 7.19. The van der Waals surface area contributed by atoms with E-state index in [0.717, 1.165) is 90.4 Å². The van der Waals surface area contributed by atoms with Crippen LogP contribution in [0.25, 0.3) is 0 Å². The van der Waals surface area contributed by atoms with Crippen molar-refractivity contribution in [1.82, 2.24) is 9.80 Å². The van der Waals surface area contributed by atoms with Gasteiger partial charge in [0.25, 0.3) is 0 Å². The molecule has 0 rings (SSSR count). The first kappa shape index (κ1) is 49.9. The van der Waals surface area contributed by atoms with Crippen LogP contribution in [-0.2, 0) is 14.3 Å². The standard InChI is InChI=1S/C45H90N2O4/c1-5-8-11-14-17-24-31-38-46(4)44(49)36-29-22-18-25-32-39-47(41-42-48)40-33-26-19-23-30-37-45(50)51-43(34-27-20-15-12-9-6-2)35-28-21-16-13-10-7-3/h43,48H,5-42H2,1-4H3. The van der Waals surface area contributed by atoms with Crippen molar-refractivity contribution < 1.29 is 19.4 Å². The van der Waals surface area contributed by atoms with Crippen LogP contribution in [-0.4, -0.2) is 72.7 Å². The van der Waals surface area contributed by atoms with Crippen molar-refractivity contribution in [2.24, 2.45) is 0 Å². The molecule has 51 heavy (non-hydrogen) atoms. The van der Waals surface area contributed by atoms with Crippen LogP contribution in [0.2, 0.25) is 0 Å². The second-order valence-electron chi connectivity index (χ2n) is 15.8. The van der Waals surface area contributed by atoms with Crippen LogP contribution < -0.4 is 0 Å². The summed E-state index contributed by atoms with van der Waals surface area (Å²) in [5.41, 5.74) is 0. The van der Waals surface area contributed by atoms with E-state index in [2.05, 4.69) is 25.7 Å². The zero-order valence-electron chi connectivity index (χ0n) is 35.0. The van der Waals surface area contributed by atoms with Crippen LogP contribution in [0.15, 0.2) is 0 Å². The van der Waals surface area contributed by atoms with Crippen LogP contribution in [0.4, 0.5) is 0 Å². The average molecular weight is 723 g/mol. The number of ether oxygens (including phenoxy) is 1. The molecule has 0 bridgehead atoms. The highest BCUT2D eigenvalue weighted by Gasteiger charge is 2.14. The lowest BCUT2D eigenvalue weighted by Gasteiger charge is -2.21. The van der Waals surface area contributed by atoms with E-state index in [1.165, 1.54) is 135 Å². The summed E-state index contributed by atoms with van der Waals surface area (Å²) >= 11 is 0. The Balaban J connectivity index is 4.00. The van der Waals surface area contributed by atoms with Gasteiger partial charge in [-0.1, -0.05) is 162 Å². The predicted octanol–water partition coefficient (Wildman–Crippen LogP) is 12.6. The minimum atomic E-state index is 0.0174. The van der Waals surface area contributed by atoms with Crippen LogP contribution in [0.3, 0.4) is 0 Å². The topological polar surface area (TPSA) is 70.1 Å². The normalized spacial score (nSPS) is 11.6. The number of rotatable bonds is 41. The highest BCUT2D eigenvalue weighted by Crippen LogP contribution is 2.18. The van der Waals surface area contributed by atoms with Crippen molar-refractivity contribution in [2.75, 3.05) is 39.8 Å². The lowest BCUT2D eigenvalue weighted by molar-refractivity contribution is -0.150. The molecule has 0 aliphatic heterocycles. The van der Waals surface area contributed by atoms with Gasteiger partial charge in [-0.05, 0) is 70.9 Å². The van der Waals surface area contributed by atoms with Gasteiger partial charge >= 0.3 is 5.97 Å². The number of carbonyl (C=O) groups excluding carboxylic acids is 2. The van der Waals surface area contributed by atoms with E-state index in [1.807, 2.05) is 11.9 Å². The number of aliphatic hydroxyl groups is 1. The van der Waals surface area contributed by atoms with Gasteiger partial charge in [-0.25, -0.2) is 0 Å². The average Bonchev–Trinajstić information content (AvgIpc) is 3.12. The largest absolute Gasteiger partial charge is 0.462 e. The Morgan fingerprint density at radius 3 is 1.29 bits per heavy atom. The van der Waals surface area contributed by atoms with Crippen molar-refractivity contribution >= 4 is 11.9 Å². The molecule has 0 aliphatic rings. The van der Waals surface area contributed by atoms with Gasteiger partial charge in [-0.3, -0.25) is 9.59 Å². The molecule has 0 aromatic heterocycles. The Morgan fingerprint density at radius 2 is 0.843 bits per heavy atom. The van der Waals surface area contributed by atoms with Crippen molar-refractivity contribution in [2.45, 2.75) is 239 Å². The number of hydrogen-bond donors (Lipinski definition) is 1. The minimum absolute atomic E-state index is 0.0174. The van der Waals surface area contributed by atoms with Crippen molar-refractivity contribution in [3.63, 3.8) is 0 Å². The number of esters is 1. The van der Waals surface area contributed by atoms with Gasteiger partial charge < -0.3 is 19.6 Å². The number of aliphatic hydroxyl groups excluding tert-OH is 1. The van der Waals surface area contributed by atoms with Crippen LogP contribution in [0, 0.1) is 0 Å². The molecular weight excluding hydrogens is 633 g/mol. The Bertz CT molecular complexity index is 717. The maximum absolute atomic E-state index is 12.7. The minimum Gasteiger partial charge on any atom is -0.462 e. The first-order valence-corrected chi connectivity index (χ1v) is 22.7. The van der Waals surface area contributed by atoms with E-state index in [9.17, 15) is 14.7 Å². The van der Waals surface area contributed by atoms with Crippen molar-refractivity contribution in [3.05, 3.63) is 0 Å². The summed E-state index contributed by atoms with van der Waals surface area (Å²) in [7, 11) is 1.97. The van der Waals surface area contributed by atoms with E-state index in [-0.39, 0.29) is 18.7 Å². The summed E-state index contributed by atoms with van der Waals surface area (Å²) in [5, 5.41) is 9.57. The van der Waals surface area contributed by atoms with E-state index in [1.54, 1.807) is 0 Å². The number of amides is 1. The number of carbonyl (C=O) groups is 2. The number of nitrogens with zero attached hydrogens (tertiary/aromatic N) is 2. The monoisotopic (exact) mass is 723 g/mol. The van der Waals surface area contributed by atoms with Gasteiger partial charge in [0.15, 0.2) is 0 Å². The predicted molar refractivity (Wildman–Crippen MR) is 220 cm³/mol. The third-order valence-corrected chi connectivity index (χ3v) is 10.7. The van der Waals surface area contributed by atoms with Crippen molar-refractivity contribution in [1.29, 1.82) is 0 Å². The lowest BCUT2D eigenvalue weighted by Crippen LogP contribution is -2.29. The molecule has 0 aromatic carbocycles. The van der Waals surface area contributed by atoms with Crippen LogP contribution in [0.5, 0.6) is 0 Å². The zero-order valence-corrected chi connectivity index (χ0v) is 35.0. The van der Waals surface area contributed by atoms with Gasteiger partial charge in [-0.2, -0.15) is 0 Å². The molecule has 0 saturated carbocycles. The van der Waals surface area contributed by atoms with Gasteiger partial charge in [-0.15, -0.1) is 0 Å². The van der Waals surface area contributed by atoms with Gasteiger partial charge in [0.05, 0.1) is 6.61 Å². The van der Waals surface area contributed by atoms with Crippen LogP contribution in [0.1, 0.15) is 233 Å². The Labute approximate surface area is 319 Å². The molecule has 0 aliphatic carbocycles. The maximum Gasteiger partial charge on any atom is 0.306 e. The highest BCUT2D eigenvalue weighted by molar-refractivity contribution is 5.75. The van der Waals surface area contributed by atoms with Gasteiger partial charge in [0.2, 0.25) is 5.91 Å². The molecule has 0 radical (unpaired) electrons. The summed E-state index contributed by atoms with van der Waals surface area (Å²) in [6, 6.07) is 0.